The van der Waals surface area contributed by atoms with Gasteiger partial charge in [-0.05, 0) is 61.1 Å². The third-order valence-electron chi connectivity index (χ3n) is 4.42. The molecule has 2 aromatic rings. The van der Waals surface area contributed by atoms with Gasteiger partial charge in [0.05, 0.1) is 7.11 Å². The summed E-state index contributed by atoms with van der Waals surface area (Å²) in [7, 11) is 1.66. The van der Waals surface area contributed by atoms with Crippen molar-refractivity contribution in [1.82, 2.24) is 4.90 Å². The first kappa shape index (κ1) is 17.8. The second-order valence-corrected chi connectivity index (χ2v) is 6.89. The van der Waals surface area contributed by atoms with Gasteiger partial charge in [0.2, 0.25) is 0 Å². The maximum atomic E-state index is 6.15. The summed E-state index contributed by atoms with van der Waals surface area (Å²) in [6.45, 7) is 5.73. The van der Waals surface area contributed by atoms with Crippen molar-refractivity contribution in [3.05, 3.63) is 53.1 Å². The topological polar surface area (TPSA) is 27.7 Å². The van der Waals surface area contributed by atoms with Crippen molar-refractivity contribution >= 4 is 40.3 Å². The zero-order valence-electron chi connectivity index (χ0n) is 14.5. The van der Waals surface area contributed by atoms with Crippen LogP contribution in [0.1, 0.15) is 5.56 Å². The molecule has 0 atom stereocenters. The molecule has 132 valence electrons. The molecule has 0 radical (unpaired) electrons. The van der Waals surface area contributed by atoms with E-state index >= 15 is 0 Å². The van der Waals surface area contributed by atoms with E-state index in [-0.39, 0.29) is 0 Å². The summed E-state index contributed by atoms with van der Waals surface area (Å²) in [5.74, 6) is 0.835. The summed E-state index contributed by atoms with van der Waals surface area (Å²) in [6, 6.07) is 13.8. The van der Waals surface area contributed by atoms with Crippen molar-refractivity contribution in [3.63, 3.8) is 0 Å². The van der Waals surface area contributed by atoms with Gasteiger partial charge in [-0.15, -0.1) is 0 Å². The maximum absolute atomic E-state index is 6.15. The predicted octanol–water partition coefficient (Wildman–Crippen LogP) is 4.18. The molecule has 1 N–H and O–H groups in total. The zero-order valence-corrected chi connectivity index (χ0v) is 16.0. The Balaban J connectivity index is 1.57. The maximum Gasteiger partial charge on any atom is 0.173 e. The van der Waals surface area contributed by atoms with E-state index in [1.54, 1.807) is 7.11 Å². The van der Waals surface area contributed by atoms with E-state index in [1.807, 2.05) is 36.4 Å². The third kappa shape index (κ3) is 4.35. The predicted molar refractivity (Wildman–Crippen MR) is 109 cm³/mol. The fourth-order valence-corrected chi connectivity index (χ4v) is 3.42. The molecule has 0 spiro atoms. The van der Waals surface area contributed by atoms with E-state index in [0.717, 1.165) is 47.8 Å². The Morgan fingerprint density at radius 2 is 1.76 bits per heavy atom. The molecule has 1 heterocycles. The summed E-state index contributed by atoms with van der Waals surface area (Å²) in [5, 5.41) is 4.83. The average Bonchev–Trinajstić information content (AvgIpc) is 2.64. The van der Waals surface area contributed by atoms with Gasteiger partial charge in [-0.1, -0.05) is 17.7 Å². The van der Waals surface area contributed by atoms with Gasteiger partial charge in [0, 0.05) is 42.6 Å². The van der Waals surface area contributed by atoms with E-state index in [1.165, 1.54) is 11.3 Å². The van der Waals surface area contributed by atoms with Crippen LogP contribution in [0.2, 0.25) is 5.02 Å². The van der Waals surface area contributed by atoms with Gasteiger partial charge in [0.1, 0.15) is 5.75 Å². The summed E-state index contributed by atoms with van der Waals surface area (Å²) < 4.78 is 5.18. The SMILES string of the molecule is COc1ccc(NC(=S)N2CCN(c3cc(Cl)ccc3C)CC2)cc1. The summed E-state index contributed by atoms with van der Waals surface area (Å²) in [5.41, 5.74) is 3.43. The molecule has 0 saturated carbocycles. The lowest BCUT2D eigenvalue weighted by Gasteiger charge is -2.38. The Bertz CT molecular complexity index is 743. The van der Waals surface area contributed by atoms with Crippen LogP contribution in [0.25, 0.3) is 0 Å². The lowest BCUT2D eigenvalue weighted by molar-refractivity contribution is 0.390. The first-order chi connectivity index (χ1) is 12.1. The lowest BCUT2D eigenvalue weighted by atomic mass is 10.1. The number of halogens is 1. The highest BCUT2D eigenvalue weighted by atomic mass is 35.5. The molecule has 3 rings (SSSR count). The molecule has 1 saturated heterocycles. The average molecular weight is 376 g/mol. The van der Waals surface area contributed by atoms with Crippen LogP contribution < -0.4 is 15.0 Å². The molecule has 1 fully saturated rings. The van der Waals surface area contributed by atoms with Gasteiger partial charge >= 0.3 is 0 Å². The number of rotatable bonds is 3. The number of nitrogens with zero attached hydrogens (tertiary/aromatic N) is 2. The van der Waals surface area contributed by atoms with Crippen LogP contribution in [-0.2, 0) is 0 Å². The number of hydrogen-bond acceptors (Lipinski definition) is 3. The molecule has 1 aliphatic rings. The molecular weight excluding hydrogens is 354 g/mol. The van der Waals surface area contributed by atoms with Gasteiger partial charge in [0.25, 0.3) is 0 Å². The van der Waals surface area contributed by atoms with Gasteiger partial charge in [-0.2, -0.15) is 0 Å². The number of ether oxygens (including phenoxy) is 1. The Kier molecular flexibility index (Phi) is 5.66. The molecule has 0 aromatic heterocycles. The lowest BCUT2D eigenvalue weighted by Crippen LogP contribution is -2.50. The van der Waals surface area contributed by atoms with Crippen molar-refractivity contribution in [2.24, 2.45) is 0 Å². The van der Waals surface area contributed by atoms with E-state index in [0.29, 0.717) is 0 Å². The summed E-state index contributed by atoms with van der Waals surface area (Å²) >= 11 is 11.7. The Morgan fingerprint density at radius 1 is 1.08 bits per heavy atom. The number of hydrogen-bond donors (Lipinski definition) is 1. The first-order valence-electron chi connectivity index (χ1n) is 8.28. The zero-order chi connectivity index (χ0) is 17.8. The molecule has 0 unspecified atom stereocenters. The van der Waals surface area contributed by atoms with Crippen molar-refractivity contribution in [2.45, 2.75) is 6.92 Å². The fourth-order valence-electron chi connectivity index (χ4n) is 2.95. The first-order valence-corrected chi connectivity index (χ1v) is 9.06. The Hall–Kier alpha value is -1.98. The quantitative estimate of drug-likeness (QED) is 0.812. The molecule has 0 aliphatic carbocycles. The largest absolute Gasteiger partial charge is 0.497 e. The molecule has 25 heavy (non-hydrogen) atoms. The van der Waals surface area contributed by atoms with Crippen LogP contribution in [0.15, 0.2) is 42.5 Å². The standard InChI is InChI=1S/C19H22ClN3OS/c1-14-3-4-15(20)13-18(14)22-9-11-23(12-10-22)19(25)21-16-5-7-17(24-2)8-6-16/h3-8,13H,9-12H2,1-2H3,(H,21,25). The number of benzene rings is 2. The number of thiocarbonyl (C=S) groups is 1. The van der Waals surface area contributed by atoms with Gasteiger partial charge in [-0.3, -0.25) is 0 Å². The highest BCUT2D eigenvalue weighted by Gasteiger charge is 2.20. The Morgan fingerprint density at radius 3 is 2.40 bits per heavy atom. The van der Waals surface area contributed by atoms with Crippen molar-refractivity contribution < 1.29 is 4.74 Å². The van der Waals surface area contributed by atoms with Gasteiger partial charge < -0.3 is 19.9 Å². The van der Waals surface area contributed by atoms with E-state index in [4.69, 9.17) is 28.6 Å². The highest BCUT2D eigenvalue weighted by molar-refractivity contribution is 7.80. The highest BCUT2D eigenvalue weighted by Crippen LogP contribution is 2.25. The fraction of sp³-hybridized carbons (Fsp3) is 0.316. The van der Waals surface area contributed by atoms with Crippen LogP contribution in [-0.4, -0.2) is 43.3 Å². The molecule has 0 amide bonds. The van der Waals surface area contributed by atoms with Gasteiger partial charge in [0.15, 0.2) is 5.11 Å². The molecule has 1 aliphatic heterocycles. The number of methoxy groups -OCH3 is 1. The van der Waals surface area contributed by atoms with Crippen LogP contribution in [0.5, 0.6) is 5.75 Å². The smallest absolute Gasteiger partial charge is 0.173 e. The van der Waals surface area contributed by atoms with E-state index in [9.17, 15) is 0 Å². The summed E-state index contributed by atoms with van der Waals surface area (Å²) in [4.78, 5) is 4.57. The van der Waals surface area contributed by atoms with Crippen molar-refractivity contribution in [3.8, 4) is 5.75 Å². The van der Waals surface area contributed by atoms with Gasteiger partial charge in [-0.25, -0.2) is 0 Å². The second-order valence-electron chi connectivity index (χ2n) is 6.06. The molecule has 4 nitrogen and oxygen atoms in total. The van der Waals surface area contributed by atoms with Crippen molar-refractivity contribution in [1.29, 1.82) is 0 Å². The van der Waals surface area contributed by atoms with Crippen LogP contribution in [0, 0.1) is 6.92 Å². The van der Waals surface area contributed by atoms with Crippen LogP contribution >= 0.6 is 23.8 Å². The van der Waals surface area contributed by atoms with Crippen LogP contribution in [0.3, 0.4) is 0 Å². The van der Waals surface area contributed by atoms with E-state index < -0.39 is 0 Å². The monoisotopic (exact) mass is 375 g/mol. The Labute approximate surface area is 159 Å². The van der Waals surface area contributed by atoms with Crippen molar-refractivity contribution in [2.75, 3.05) is 43.5 Å². The minimum atomic E-state index is 0.757. The van der Waals surface area contributed by atoms with Crippen LogP contribution in [0.4, 0.5) is 11.4 Å². The van der Waals surface area contributed by atoms with E-state index in [2.05, 4.69) is 28.1 Å². The molecular formula is C19H22ClN3OS. The number of aryl methyl sites for hydroxylation is 1. The summed E-state index contributed by atoms with van der Waals surface area (Å²) in [6.07, 6.45) is 0. The number of piperazine rings is 1. The molecule has 6 heteroatoms. The molecule has 2 aromatic carbocycles. The minimum absolute atomic E-state index is 0.757. The third-order valence-corrected chi connectivity index (χ3v) is 5.02. The molecule has 0 bridgehead atoms. The minimum Gasteiger partial charge on any atom is -0.497 e. The second kappa shape index (κ2) is 7.93. The normalized spacial score (nSPS) is 14.4. The number of nitrogens with one attached hydrogen (secondary N) is 1. The number of anilines is 2.